The molecule has 9 nitrogen and oxygen atoms in total. The van der Waals surface area contributed by atoms with Crippen LogP contribution in [0.2, 0.25) is 0 Å². The summed E-state index contributed by atoms with van der Waals surface area (Å²) in [5.41, 5.74) is 0.784. The van der Waals surface area contributed by atoms with Crippen LogP contribution in [0.5, 0.6) is 11.5 Å². The number of methoxy groups -OCH3 is 1. The van der Waals surface area contributed by atoms with E-state index < -0.39 is 18.2 Å². The fraction of sp³-hybridized carbons (Fsp3) is 0.552. The first-order chi connectivity index (χ1) is 18.8. The highest BCUT2D eigenvalue weighted by atomic mass is 127. The Balaban J connectivity index is 2.05. The molecule has 39 heavy (non-hydrogen) atoms. The fourth-order valence-corrected chi connectivity index (χ4v) is 6.01. The van der Waals surface area contributed by atoms with Crippen molar-refractivity contribution < 1.29 is 34.1 Å². The van der Waals surface area contributed by atoms with Crippen LogP contribution >= 0.6 is 22.6 Å². The van der Waals surface area contributed by atoms with Gasteiger partial charge in [-0.05, 0) is 66.1 Å². The number of aliphatic hydroxyl groups excluding tert-OH is 2. The first-order valence-corrected chi connectivity index (χ1v) is 14.7. The van der Waals surface area contributed by atoms with E-state index in [1.165, 1.54) is 7.11 Å². The lowest BCUT2D eigenvalue weighted by atomic mass is 9.86. The summed E-state index contributed by atoms with van der Waals surface area (Å²) in [4.78, 5) is 39.8. The molecule has 3 N–H and O–H groups in total. The van der Waals surface area contributed by atoms with Crippen LogP contribution < -0.4 is 14.8 Å². The molecular formula is C29H39IN2O7. The molecule has 1 fully saturated rings. The average molecular weight is 655 g/mol. The van der Waals surface area contributed by atoms with E-state index in [0.717, 1.165) is 38.5 Å². The van der Waals surface area contributed by atoms with Gasteiger partial charge in [-0.2, -0.15) is 0 Å². The molecule has 0 unspecified atom stereocenters. The van der Waals surface area contributed by atoms with Crippen LogP contribution in [-0.2, 0) is 9.59 Å². The van der Waals surface area contributed by atoms with Gasteiger partial charge in [0.1, 0.15) is 18.5 Å². The summed E-state index contributed by atoms with van der Waals surface area (Å²) in [5.74, 6) is 0.0783. The molecule has 2 amide bonds. The number of halogens is 1. The number of ether oxygens (including phenoxy) is 2. The maximum absolute atomic E-state index is 13.6. The number of carbonyl (C=O) groups is 3. The summed E-state index contributed by atoms with van der Waals surface area (Å²) in [6.45, 7) is 1.83. The van der Waals surface area contributed by atoms with Gasteiger partial charge in [-0.3, -0.25) is 14.4 Å². The summed E-state index contributed by atoms with van der Waals surface area (Å²) < 4.78 is 12.4. The zero-order valence-corrected chi connectivity index (χ0v) is 24.8. The highest BCUT2D eigenvalue weighted by molar-refractivity contribution is 14.1. The van der Waals surface area contributed by atoms with Crippen LogP contribution in [0.15, 0.2) is 35.9 Å². The molecule has 0 bridgehead atoms. The number of rotatable bonds is 11. The predicted molar refractivity (Wildman–Crippen MR) is 156 cm³/mol. The van der Waals surface area contributed by atoms with Gasteiger partial charge >= 0.3 is 0 Å². The van der Waals surface area contributed by atoms with Crippen molar-refractivity contribution in [3.05, 3.63) is 45.1 Å². The monoisotopic (exact) mass is 654 g/mol. The zero-order chi connectivity index (χ0) is 28.4. The topological polar surface area (TPSA) is 125 Å². The van der Waals surface area contributed by atoms with E-state index in [1.54, 1.807) is 29.2 Å². The average Bonchev–Trinajstić information content (AvgIpc) is 3.22. The van der Waals surface area contributed by atoms with Gasteiger partial charge in [-0.15, -0.1) is 0 Å². The number of hydrogen-bond acceptors (Lipinski definition) is 7. The Morgan fingerprint density at radius 1 is 1.21 bits per heavy atom. The highest BCUT2D eigenvalue weighted by Gasteiger charge is 2.42. The lowest BCUT2D eigenvalue weighted by Crippen LogP contribution is -2.57. The molecule has 0 aliphatic heterocycles. The van der Waals surface area contributed by atoms with Crippen molar-refractivity contribution in [1.29, 1.82) is 0 Å². The quantitative estimate of drug-likeness (QED) is 0.144. The number of amides is 2. The predicted octanol–water partition coefficient (Wildman–Crippen LogP) is 3.55. The summed E-state index contributed by atoms with van der Waals surface area (Å²) in [6, 6.07) is 2.42. The van der Waals surface area contributed by atoms with Crippen LogP contribution in [0.25, 0.3) is 0 Å². The number of aldehydes is 1. The molecule has 2 aliphatic carbocycles. The number of allylic oxidation sites excluding steroid dienone is 1. The second-order valence-corrected chi connectivity index (χ2v) is 11.0. The van der Waals surface area contributed by atoms with Crippen LogP contribution in [-0.4, -0.2) is 77.8 Å². The second-order valence-electron chi connectivity index (χ2n) is 9.87. The van der Waals surface area contributed by atoms with Crippen molar-refractivity contribution in [2.45, 2.75) is 82.6 Å². The lowest BCUT2D eigenvalue weighted by Gasteiger charge is -2.43. The van der Waals surface area contributed by atoms with Gasteiger partial charge in [-0.1, -0.05) is 38.7 Å². The number of hydrogen-bond donors (Lipinski definition) is 3. The largest absolute Gasteiger partial charge is 0.493 e. The van der Waals surface area contributed by atoms with Gasteiger partial charge in [0.15, 0.2) is 11.5 Å². The molecule has 0 aromatic heterocycles. The van der Waals surface area contributed by atoms with Gasteiger partial charge in [0, 0.05) is 30.1 Å². The highest BCUT2D eigenvalue weighted by Crippen LogP contribution is 2.38. The minimum Gasteiger partial charge on any atom is -0.493 e. The maximum Gasteiger partial charge on any atom is 0.247 e. The van der Waals surface area contributed by atoms with Crippen LogP contribution in [0, 0.1) is 3.57 Å². The first-order valence-electron chi connectivity index (χ1n) is 13.6. The van der Waals surface area contributed by atoms with E-state index in [2.05, 4.69) is 5.32 Å². The van der Waals surface area contributed by atoms with Crippen LogP contribution in [0.4, 0.5) is 0 Å². The SMILES string of the molecule is CCC=CC(=O)N(C1CCCCCC1)[C@@H]1CC(C(=O)NCCO)=C[C@H](Oc2c(I)cc(C=O)cc2OC)[C@H]1O. The fourth-order valence-electron chi connectivity index (χ4n) is 5.26. The van der Waals surface area contributed by atoms with Gasteiger partial charge in [-0.25, -0.2) is 0 Å². The number of carbonyl (C=O) groups excluding carboxylic acids is 3. The molecule has 214 valence electrons. The van der Waals surface area contributed by atoms with Crippen LogP contribution in [0.1, 0.15) is 68.6 Å². The van der Waals surface area contributed by atoms with E-state index in [-0.39, 0.29) is 37.4 Å². The second kappa shape index (κ2) is 15.4. The molecule has 1 saturated carbocycles. The summed E-state index contributed by atoms with van der Waals surface area (Å²) >= 11 is 2.04. The molecular weight excluding hydrogens is 615 g/mol. The number of nitrogens with zero attached hydrogens (tertiary/aromatic N) is 1. The van der Waals surface area contributed by atoms with Crippen LogP contribution in [0.3, 0.4) is 0 Å². The van der Waals surface area contributed by atoms with E-state index >= 15 is 0 Å². The normalized spacial score (nSPS) is 22.1. The third-order valence-corrected chi connectivity index (χ3v) is 7.98. The van der Waals surface area contributed by atoms with Crippen molar-refractivity contribution in [3.63, 3.8) is 0 Å². The molecule has 2 aliphatic rings. The Labute approximate surface area is 243 Å². The summed E-state index contributed by atoms with van der Waals surface area (Å²) in [7, 11) is 1.46. The number of nitrogens with one attached hydrogen (secondary N) is 1. The van der Waals surface area contributed by atoms with Gasteiger partial charge in [0.05, 0.1) is 23.3 Å². The number of aliphatic hydroxyl groups is 2. The Morgan fingerprint density at radius 3 is 2.54 bits per heavy atom. The Hall–Kier alpha value is -2.44. The molecule has 0 radical (unpaired) electrons. The summed E-state index contributed by atoms with van der Waals surface area (Å²) in [5, 5.41) is 23.6. The number of benzene rings is 1. The molecule has 0 saturated heterocycles. The third kappa shape index (κ3) is 8.04. The van der Waals surface area contributed by atoms with Crippen molar-refractivity contribution in [2.75, 3.05) is 20.3 Å². The van der Waals surface area contributed by atoms with Crippen molar-refractivity contribution in [3.8, 4) is 11.5 Å². The van der Waals surface area contributed by atoms with E-state index in [0.29, 0.717) is 38.9 Å². The van der Waals surface area contributed by atoms with E-state index in [9.17, 15) is 24.6 Å². The smallest absolute Gasteiger partial charge is 0.247 e. The lowest BCUT2D eigenvalue weighted by molar-refractivity contribution is -0.137. The molecule has 3 atom stereocenters. The Bertz CT molecular complexity index is 1070. The molecule has 10 heteroatoms. The molecule has 0 heterocycles. The molecule has 3 rings (SSSR count). The van der Waals surface area contributed by atoms with Crippen molar-refractivity contribution in [1.82, 2.24) is 10.2 Å². The van der Waals surface area contributed by atoms with Crippen molar-refractivity contribution >= 4 is 40.7 Å². The van der Waals surface area contributed by atoms with Gasteiger partial charge in [0.25, 0.3) is 0 Å². The molecule has 1 aromatic rings. The maximum atomic E-state index is 13.6. The van der Waals surface area contributed by atoms with E-state index in [4.69, 9.17) is 9.47 Å². The Morgan fingerprint density at radius 2 is 1.92 bits per heavy atom. The zero-order valence-electron chi connectivity index (χ0n) is 22.6. The van der Waals surface area contributed by atoms with E-state index in [1.807, 2.05) is 35.6 Å². The Kier molecular flexibility index (Phi) is 12.3. The molecule has 0 spiro atoms. The minimum absolute atomic E-state index is 0.0665. The minimum atomic E-state index is -1.13. The molecule has 1 aromatic carbocycles. The summed E-state index contributed by atoms with van der Waals surface area (Å²) in [6.07, 6.45) is 10.3. The van der Waals surface area contributed by atoms with Gasteiger partial charge < -0.3 is 29.9 Å². The third-order valence-electron chi connectivity index (χ3n) is 7.18. The van der Waals surface area contributed by atoms with Crippen molar-refractivity contribution in [2.24, 2.45) is 0 Å². The van der Waals surface area contributed by atoms with Gasteiger partial charge in [0.2, 0.25) is 11.8 Å². The first kappa shape index (κ1) is 31.1. The standard InChI is InChI=1S/C29H39IN2O7/c1-3-4-11-26(35)32(21-9-7-5-6-8-10-21)23-16-20(29(37)31-12-13-33)17-24(27(23)36)39-28-22(30)14-19(18-34)15-25(28)38-2/h4,11,14-15,17-18,21,23-24,27,33,36H,3,5-10,12-13,16H2,1-2H3,(H,31,37)/t23-,24+,27+/m1/s1.